The smallest absolute Gasteiger partial charge is 0.262 e. The molecule has 1 unspecified atom stereocenters. The van der Waals surface area contributed by atoms with Crippen molar-refractivity contribution >= 4 is 35.3 Å². The molecule has 5 aliphatic heterocycles. The Kier molecular flexibility index (Phi) is 8.56. The third-order valence-electron chi connectivity index (χ3n) is 11.7. The molecule has 1 spiro atoms. The lowest BCUT2D eigenvalue weighted by Crippen LogP contribution is -2.66. The van der Waals surface area contributed by atoms with Gasteiger partial charge in [0.1, 0.15) is 30.8 Å². The number of imide groups is 2. The maximum Gasteiger partial charge on any atom is 0.262 e. The molecule has 0 aliphatic carbocycles. The first-order chi connectivity index (χ1) is 26.6. The Morgan fingerprint density at radius 2 is 1.55 bits per heavy atom. The van der Waals surface area contributed by atoms with Gasteiger partial charge in [-0.2, -0.15) is 0 Å². The van der Waals surface area contributed by atoms with Crippen LogP contribution in [0.4, 0.5) is 11.6 Å². The van der Waals surface area contributed by atoms with Gasteiger partial charge in [-0.25, -0.2) is 9.97 Å². The van der Waals surface area contributed by atoms with Crippen LogP contribution in [0.3, 0.4) is 0 Å². The van der Waals surface area contributed by atoms with Crippen molar-refractivity contribution in [3.05, 3.63) is 107 Å². The van der Waals surface area contributed by atoms with Crippen LogP contribution >= 0.6 is 0 Å². The minimum Gasteiger partial charge on any atom is -0.491 e. The second-order valence-corrected chi connectivity index (χ2v) is 15.8. The van der Waals surface area contributed by atoms with Crippen molar-refractivity contribution in [1.29, 1.82) is 0 Å². The van der Waals surface area contributed by atoms with Gasteiger partial charge < -0.3 is 24.0 Å². The number of piperidine rings is 1. The summed E-state index contributed by atoms with van der Waals surface area (Å²) >= 11 is 0. The van der Waals surface area contributed by atoms with Gasteiger partial charge in [0.15, 0.2) is 0 Å². The molecule has 0 saturated carbocycles. The molecule has 13 heteroatoms. The van der Waals surface area contributed by atoms with E-state index in [1.807, 2.05) is 36.4 Å². The summed E-state index contributed by atoms with van der Waals surface area (Å²) in [4.78, 5) is 65.0. The van der Waals surface area contributed by atoms with Crippen molar-refractivity contribution in [2.45, 2.75) is 57.2 Å². The Morgan fingerprint density at radius 1 is 0.855 bits per heavy atom. The van der Waals surface area contributed by atoms with Crippen LogP contribution in [0.15, 0.2) is 79.0 Å². The van der Waals surface area contributed by atoms with Crippen molar-refractivity contribution in [2.24, 2.45) is 5.41 Å². The van der Waals surface area contributed by atoms with Gasteiger partial charge in [-0.05, 0) is 72.5 Å². The fourth-order valence-electron chi connectivity index (χ4n) is 8.14. The lowest BCUT2D eigenvalue weighted by molar-refractivity contribution is -0.136. The number of fused-ring (bicyclic) bond motifs is 1. The SMILES string of the molecule is CC(C)(c1ccc(OCc2ccnc(N3CC4(COC4)C3)n2)cc1)c1ccc(OC[C@@H]2CCN2c2ccc3c(c2)C(=O)N(C2CCC(=O)NC2=O)C3=O)cc1. The number of benzene rings is 3. The molecule has 4 fully saturated rings. The van der Waals surface area contributed by atoms with Crippen LogP contribution in [0.1, 0.15) is 70.6 Å². The third-order valence-corrected chi connectivity index (χ3v) is 11.7. The fourth-order valence-corrected chi connectivity index (χ4v) is 8.14. The standard InChI is InChI=1S/C42H42N6O7/c1-41(2,26-3-8-31(9-4-26)54-20-28-15-17-43-40(44-28)46-22-42(23-46)24-53-25-42)27-5-10-32(11-6-27)55-21-30-16-18-47(30)29-7-12-33-34(19-29)39(52)48(38(33)51)35-13-14-36(49)45-37(35)50/h3-12,15,17,19,30,35H,13-14,16,18,20-25H2,1-2H3,(H,45,49,50)/t30-,35?/m0/s1. The fraction of sp³-hybridized carbons (Fsp3) is 0.381. The van der Waals surface area contributed by atoms with Crippen molar-refractivity contribution in [3.8, 4) is 11.5 Å². The summed E-state index contributed by atoms with van der Waals surface area (Å²) in [5, 5.41) is 2.24. The summed E-state index contributed by atoms with van der Waals surface area (Å²) in [7, 11) is 0. The summed E-state index contributed by atoms with van der Waals surface area (Å²) in [6.07, 6.45) is 2.92. The molecule has 9 rings (SSSR count). The molecule has 5 aliphatic rings. The second-order valence-electron chi connectivity index (χ2n) is 15.8. The molecule has 1 N–H and O–H groups in total. The number of nitrogens with one attached hydrogen (secondary N) is 1. The number of hydrogen-bond donors (Lipinski definition) is 1. The highest BCUT2D eigenvalue weighted by Gasteiger charge is 2.50. The number of carbonyl (C=O) groups is 4. The first-order valence-electron chi connectivity index (χ1n) is 18.8. The number of ether oxygens (including phenoxy) is 3. The van der Waals surface area contributed by atoms with E-state index < -0.39 is 29.7 Å². The quantitative estimate of drug-likeness (QED) is 0.220. The highest BCUT2D eigenvalue weighted by atomic mass is 16.5. The number of nitrogens with zero attached hydrogens (tertiary/aromatic N) is 5. The number of carbonyl (C=O) groups excluding carboxylic acids is 4. The Labute approximate surface area is 318 Å². The maximum absolute atomic E-state index is 13.3. The van der Waals surface area contributed by atoms with Crippen LogP contribution in [0.5, 0.6) is 11.5 Å². The third kappa shape index (κ3) is 6.35. The van der Waals surface area contributed by atoms with Crippen LogP contribution in [-0.4, -0.2) is 90.0 Å². The highest BCUT2D eigenvalue weighted by molar-refractivity contribution is 6.23. The van der Waals surface area contributed by atoms with Crippen LogP contribution in [0, 0.1) is 5.41 Å². The summed E-state index contributed by atoms with van der Waals surface area (Å²) in [5.41, 5.74) is 4.55. The molecular formula is C42H42N6O7. The zero-order valence-corrected chi connectivity index (χ0v) is 30.8. The molecule has 6 heterocycles. The molecule has 2 atom stereocenters. The van der Waals surface area contributed by atoms with Crippen molar-refractivity contribution in [2.75, 3.05) is 49.3 Å². The number of aromatic nitrogens is 2. The number of anilines is 2. The van der Waals surface area contributed by atoms with E-state index in [-0.39, 0.29) is 35.4 Å². The van der Waals surface area contributed by atoms with E-state index in [0.717, 1.165) is 84.1 Å². The molecular weight excluding hydrogens is 700 g/mol. The lowest BCUT2D eigenvalue weighted by Gasteiger charge is -2.54. The van der Waals surface area contributed by atoms with E-state index in [1.54, 1.807) is 18.3 Å². The van der Waals surface area contributed by atoms with Crippen molar-refractivity contribution < 1.29 is 33.4 Å². The summed E-state index contributed by atoms with van der Waals surface area (Å²) < 4.78 is 17.7. The zero-order valence-electron chi connectivity index (χ0n) is 30.8. The van der Waals surface area contributed by atoms with Gasteiger partial charge in [-0.3, -0.25) is 29.4 Å². The molecule has 55 heavy (non-hydrogen) atoms. The molecule has 1 aromatic heterocycles. The normalized spacial score (nSPS) is 21.5. The summed E-state index contributed by atoms with van der Waals surface area (Å²) in [6, 6.07) is 22.6. The average Bonchev–Trinajstić information content (AvgIpc) is 3.38. The minimum absolute atomic E-state index is 0.0829. The van der Waals surface area contributed by atoms with Crippen molar-refractivity contribution in [3.63, 3.8) is 0 Å². The van der Waals surface area contributed by atoms with E-state index >= 15 is 0 Å². The van der Waals surface area contributed by atoms with Crippen LogP contribution in [0.2, 0.25) is 0 Å². The molecule has 0 radical (unpaired) electrons. The van der Waals surface area contributed by atoms with E-state index in [1.165, 1.54) is 0 Å². The minimum atomic E-state index is -0.988. The van der Waals surface area contributed by atoms with E-state index in [2.05, 4.69) is 58.2 Å². The molecule has 0 bridgehead atoms. The first-order valence-corrected chi connectivity index (χ1v) is 18.8. The van der Waals surface area contributed by atoms with Crippen LogP contribution < -0.4 is 24.6 Å². The topological polar surface area (TPSA) is 144 Å². The summed E-state index contributed by atoms with van der Waals surface area (Å²) in [5.74, 6) is 0.251. The zero-order chi connectivity index (χ0) is 37.9. The van der Waals surface area contributed by atoms with Gasteiger partial charge in [-0.1, -0.05) is 38.1 Å². The van der Waals surface area contributed by atoms with Gasteiger partial charge in [0, 0.05) is 43.4 Å². The summed E-state index contributed by atoms with van der Waals surface area (Å²) in [6.45, 7) is 9.54. The predicted octanol–water partition coefficient (Wildman–Crippen LogP) is 4.28. The van der Waals surface area contributed by atoms with E-state index in [0.29, 0.717) is 18.6 Å². The second kappa shape index (κ2) is 13.5. The maximum atomic E-state index is 13.3. The molecule has 4 aromatic rings. The van der Waals surface area contributed by atoms with Crippen LogP contribution in [0.25, 0.3) is 0 Å². The van der Waals surface area contributed by atoms with Crippen molar-refractivity contribution in [1.82, 2.24) is 20.2 Å². The van der Waals surface area contributed by atoms with Gasteiger partial charge in [0.25, 0.3) is 11.8 Å². The molecule has 4 saturated heterocycles. The first kappa shape index (κ1) is 34.9. The Hall–Kier alpha value is -5.82. The van der Waals surface area contributed by atoms with Gasteiger partial charge in [-0.15, -0.1) is 0 Å². The Bertz CT molecular complexity index is 2180. The molecule has 282 valence electrons. The number of hydrogen-bond acceptors (Lipinski definition) is 11. The van der Waals surface area contributed by atoms with E-state index in [9.17, 15) is 19.2 Å². The van der Waals surface area contributed by atoms with Gasteiger partial charge >= 0.3 is 0 Å². The molecule has 3 aromatic carbocycles. The predicted molar refractivity (Wildman–Crippen MR) is 201 cm³/mol. The van der Waals surface area contributed by atoms with Gasteiger partial charge in [0.05, 0.1) is 41.5 Å². The van der Waals surface area contributed by atoms with Gasteiger partial charge in [0.2, 0.25) is 17.8 Å². The monoisotopic (exact) mass is 742 g/mol. The lowest BCUT2D eigenvalue weighted by atomic mass is 9.78. The van der Waals surface area contributed by atoms with Crippen LogP contribution in [-0.2, 0) is 26.3 Å². The Balaban J connectivity index is 0.780. The highest BCUT2D eigenvalue weighted by Crippen LogP contribution is 2.39. The molecule has 13 nitrogen and oxygen atoms in total. The Morgan fingerprint density at radius 3 is 2.18 bits per heavy atom. The average molecular weight is 743 g/mol. The molecule has 4 amide bonds. The largest absolute Gasteiger partial charge is 0.491 e. The number of rotatable bonds is 11. The van der Waals surface area contributed by atoms with E-state index in [4.69, 9.17) is 19.2 Å². The number of amides is 4.